The molecule has 2 amide bonds. The number of hydrogen-bond acceptors (Lipinski definition) is 3. The van der Waals surface area contributed by atoms with Crippen LogP contribution in [-0.2, 0) is 16.0 Å². The van der Waals surface area contributed by atoms with Crippen LogP contribution >= 0.6 is 11.6 Å². The molecule has 1 aromatic carbocycles. The Morgan fingerprint density at radius 2 is 2.08 bits per heavy atom. The molecule has 134 valence electrons. The quantitative estimate of drug-likeness (QED) is 0.729. The van der Waals surface area contributed by atoms with Crippen LogP contribution in [0.2, 0.25) is 5.02 Å². The molecule has 1 aliphatic rings. The number of benzene rings is 1. The SMILES string of the molecule is CCC(=O)NC1=CC(C(=O)NC(C)c2ccc(CC)cc2Cl)=CCN1. The average molecular weight is 362 g/mol. The van der Waals surface area contributed by atoms with Gasteiger partial charge in [-0.2, -0.15) is 0 Å². The Morgan fingerprint density at radius 3 is 2.72 bits per heavy atom. The van der Waals surface area contributed by atoms with E-state index >= 15 is 0 Å². The van der Waals surface area contributed by atoms with Gasteiger partial charge in [-0.25, -0.2) is 0 Å². The third-order valence-electron chi connectivity index (χ3n) is 4.06. The van der Waals surface area contributed by atoms with E-state index in [0.717, 1.165) is 17.5 Å². The number of dihydropyridines is 1. The molecule has 0 fully saturated rings. The first kappa shape index (κ1) is 19.1. The Balaban J connectivity index is 2.06. The number of nitrogens with one attached hydrogen (secondary N) is 3. The Bertz CT molecular complexity index is 725. The highest BCUT2D eigenvalue weighted by atomic mass is 35.5. The fourth-order valence-corrected chi connectivity index (χ4v) is 2.88. The maximum absolute atomic E-state index is 12.5. The molecule has 1 aromatic rings. The molecule has 1 atom stereocenters. The van der Waals surface area contributed by atoms with E-state index in [9.17, 15) is 9.59 Å². The molecule has 0 radical (unpaired) electrons. The predicted octanol–water partition coefficient (Wildman–Crippen LogP) is 2.98. The van der Waals surface area contributed by atoms with Crippen molar-refractivity contribution in [3.8, 4) is 0 Å². The Morgan fingerprint density at radius 1 is 1.32 bits per heavy atom. The molecule has 1 aliphatic heterocycles. The minimum Gasteiger partial charge on any atom is -0.368 e. The second-order valence-electron chi connectivity index (χ2n) is 5.90. The van der Waals surface area contributed by atoms with E-state index in [1.807, 2.05) is 25.1 Å². The molecule has 25 heavy (non-hydrogen) atoms. The van der Waals surface area contributed by atoms with Crippen molar-refractivity contribution >= 4 is 23.4 Å². The van der Waals surface area contributed by atoms with E-state index in [4.69, 9.17) is 11.6 Å². The smallest absolute Gasteiger partial charge is 0.251 e. The molecular weight excluding hydrogens is 338 g/mol. The second-order valence-corrected chi connectivity index (χ2v) is 6.31. The summed E-state index contributed by atoms with van der Waals surface area (Å²) >= 11 is 6.33. The van der Waals surface area contributed by atoms with Gasteiger partial charge in [-0.15, -0.1) is 0 Å². The molecule has 0 saturated carbocycles. The van der Waals surface area contributed by atoms with Gasteiger partial charge in [0.2, 0.25) is 5.91 Å². The minimum absolute atomic E-state index is 0.100. The molecule has 2 rings (SSSR count). The fourth-order valence-electron chi connectivity index (χ4n) is 2.51. The zero-order valence-corrected chi connectivity index (χ0v) is 15.5. The molecule has 0 spiro atoms. The van der Waals surface area contributed by atoms with E-state index in [-0.39, 0.29) is 17.9 Å². The molecule has 0 aliphatic carbocycles. The highest BCUT2D eigenvalue weighted by molar-refractivity contribution is 6.31. The molecular formula is C19H24ClN3O2. The van der Waals surface area contributed by atoms with Gasteiger partial charge >= 0.3 is 0 Å². The zero-order valence-electron chi connectivity index (χ0n) is 14.8. The summed E-state index contributed by atoms with van der Waals surface area (Å²) in [5, 5.41) is 9.36. The molecule has 3 N–H and O–H groups in total. The summed E-state index contributed by atoms with van der Waals surface area (Å²) in [6, 6.07) is 5.68. The van der Waals surface area contributed by atoms with Crippen LogP contribution in [0.4, 0.5) is 0 Å². The third kappa shape index (κ3) is 5.10. The van der Waals surface area contributed by atoms with Gasteiger partial charge in [-0.3, -0.25) is 9.59 Å². The van der Waals surface area contributed by atoms with Gasteiger partial charge in [-0.1, -0.05) is 43.7 Å². The van der Waals surface area contributed by atoms with E-state index in [1.165, 1.54) is 0 Å². The number of halogens is 1. The van der Waals surface area contributed by atoms with Crippen molar-refractivity contribution in [2.75, 3.05) is 6.54 Å². The van der Waals surface area contributed by atoms with Crippen molar-refractivity contribution in [1.29, 1.82) is 0 Å². The number of amides is 2. The Labute approximate surface area is 153 Å². The standard InChI is InChI=1S/C19H24ClN3O2/c1-4-13-6-7-15(16(20)10-13)12(3)22-19(25)14-8-9-21-17(11-14)23-18(24)5-2/h6-8,10-12,21H,4-5,9H2,1-3H3,(H,22,25)(H,23,24). The molecule has 0 saturated heterocycles. The van der Waals surface area contributed by atoms with Crippen LogP contribution in [0.3, 0.4) is 0 Å². The summed E-state index contributed by atoms with van der Waals surface area (Å²) in [5.74, 6) is 0.238. The lowest BCUT2D eigenvalue weighted by Gasteiger charge is -2.20. The fraction of sp³-hybridized carbons (Fsp3) is 0.368. The minimum atomic E-state index is -0.219. The van der Waals surface area contributed by atoms with Gasteiger partial charge in [0.25, 0.3) is 5.91 Å². The maximum atomic E-state index is 12.5. The average Bonchev–Trinajstić information content (AvgIpc) is 2.61. The summed E-state index contributed by atoms with van der Waals surface area (Å²) in [5.41, 5.74) is 2.55. The monoisotopic (exact) mass is 361 g/mol. The second kappa shape index (κ2) is 8.72. The van der Waals surface area contributed by atoms with Crippen LogP contribution < -0.4 is 16.0 Å². The predicted molar refractivity (Wildman–Crippen MR) is 100.0 cm³/mol. The van der Waals surface area contributed by atoms with Crippen molar-refractivity contribution in [2.45, 2.75) is 39.7 Å². The van der Waals surface area contributed by atoms with Gasteiger partial charge in [-0.05, 0) is 36.6 Å². The molecule has 0 bridgehead atoms. The number of carbonyl (C=O) groups is 2. The van der Waals surface area contributed by atoms with E-state index in [1.54, 1.807) is 19.1 Å². The molecule has 6 heteroatoms. The Kier molecular flexibility index (Phi) is 6.65. The summed E-state index contributed by atoms with van der Waals surface area (Å²) in [7, 11) is 0. The van der Waals surface area contributed by atoms with Crippen LogP contribution in [0.25, 0.3) is 0 Å². The number of carbonyl (C=O) groups excluding carboxylic acids is 2. The van der Waals surface area contributed by atoms with Gasteiger partial charge in [0.15, 0.2) is 0 Å². The first-order chi connectivity index (χ1) is 11.9. The van der Waals surface area contributed by atoms with Crippen molar-refractivity contribution in [3.05, 3.63) is 57.9 Å². The van der Waals surface area contributed by atoms with Crippen LogP contribution in [0, 0.1) is 0 Å². The van der Waals surface area contributed by atoms with Crippen molar-refractivity contribution in [3.63, 3.8) is 0 Å². The normalized spacial score (nSPS) is 14.7. The Hall–Kier alpha value is -2.27. The van der Waals surface area contributed by atoms with Crippen molar-refractivity contribution < 1.29 is 9.59 Å². The van der Waals surface area contributed by atoms with Crippen molar-refractivity contribution in [1.82, 2.24) is 16.0 Å². The van der Waals surface area contributed by atoms with E-state index in [2.05, 4.69) is 22.9 Å². The summed E-state index contributed by atoms with van der Waals surface area (Å²) in [4.78, 5) is 24.0. The summed E-state index contributed by atoms with van der Waals surface area (Å²) in [6.07, 6.45) is 4.72. The summed E-state index contributed by atoms with van der Waals surface area (Å²) in [6.45, 7) is 6.23. The van der Waals surface area contributed by atoms with Crippen molar-refractivity contribution in [2.24, 2.45) is 0 Å². The van der Waals surface area contributed by atoms with Gasteiger partial charge in [0.1, 0.15) is 5.82 Å². The van der Waals surface area contributed by atoms with Crippen LogP contribution in [0.1, 0.15) is 44.4 Å². The number of rotatable bonds is 6. The third-order valence-corrected chi connectivity index (χ3v) is 4.39. The molecule has 0 aromatic heterocycles. The van der Waals surface area contributed by atoms with Crippen LogP contribution in [-0.4, -0.2) is 18.4 Å². The first-order valence-electron chi connectivity index (χ1n) is 8.49. The van der Waals surface area contributed by atoms with E-state index in [0.29, 0.717) is 29.4 Å². The molecule has 1 heterocycles. The van der Waals surface area contributed by atoms with Crippen LogP contribution in [0.5, 0.6) is 0 Å². The van der Waals surface area contributed by atoms with Crippen LogP contribution in [0.15, 0.2) is 41.7 Å². The van der Waals surface area contributed by atoms with Gasteiger partial charge < -0.3 is 16.0 Å². The number of aryl methyl sites for hydroxylation is 1. The highest BCUT2D eigenvalue weighted by Crippen LogP contribution is 2.24. The van der Waals surface area contributed by atoms with E-state index < -0.39 is 0 Å². The topological polar surface area (TPSA) is 70.2 Å². The van der Waals surface area contributed by atoms with Gasteiger partial charge in [0.05, 0.1) is 6.04 Å². The zero-order chi connectivity index (χ0) is 18.4. The maximum Gasteiger partial charge on any atom is 0.251 e. The lowest BCUT2D eigenvalue weighted by atomic mass is 10.0. The summed E-state index contributed by atoms with van der Waals surface area (Å²) < 4.78 is 0. The highest BCUT2D eigenvalue weighted by Gasteiger charge is 2.17. The largest absolute Gasteiger partial charge is 0.368 e. The van der Waals surface area contributed by atoms with Gasteiger partial charge in [0, 0.05) is 23.6 Å². The lowest BCUT2D eigenvalue weighted by molar-refractivity contribution is -0.120. The molecule has 5 nitrogen and oxygen atoms in total. The number of hydrogen-bond donors (Lipinski definition) is 3. The lowest BCUT2D eigenvalue weighted by Crippen LogP contribution is -2.35. The first-order valence-corrected chi connectivity index (χ1v) is 8.87. The molecule has 1 unspecified atom stereocenters.